The molecule has 0 spiro atoms. The number of hydrazone groups is 1. The van der Waals surface area contributed by atoms with Crippen molar-refractivity contribution in [3.8, 4) is 11.5 Å². The molecule has 1 N–H and O–H groups in total. The van der Waals surface area contributed by atoms with Crippen molar-refractivity contribution in [2.45, 2.75) is 13.0 Å². The van der Waals surface area contributed by atoms with Crippen LogP contribution in [0.2, 0.25) is 5.02 Å². The zero-order valence-electron chi connectivity index (χ0n) is 18.3. The van der Waals surface area contributed by atoms with Crippen LogP contribution in [0.4, 0.5) is 0 Å². The topological polar surface area (TPSA) is 77.0 Å². The third kappa shape index (κ3) is 5.60. The van der Waals surface area contributed by atoms with E-state index >= 15 is 0 Å². The summed E-state index contributed by atoms with van der Waals surface area (Å²) < 4.78 is 11.3. The summed E-state index contributed by atoms with van der Waals surface area (Å²) in [6, 6.07) is 26.6. The smallest absolute Gasteiger partial charge is 0.343 e. The first kappa shape index (κ1) is 23.0. The van der Waals surface area contributed by atoms with E-state index in [1.165, 1.54) is 6.21 Å². The number of halogens is 1. The fourth-order valence-corrected chi connectivity index (χ4v) is 3.38. The molecule has 0 fully saturated rings. The molecule has 0 aliphatic carbocycles. The van der Waals surface area contributed by atoms with Crippen molar-refractivity contribution in [2.75, 3.05) is 0 Å². The lowest BCUT2D eigenvalue weighted by atomic mass is 10.0. The predicted octanol–water partition coefficient (Wildman–Crippen LogP) is 5.63. The molecule has 34 heavy (non-hydrogen) atoms. The van der Waals surface area contributed by atoms with Crippen molar-refractivity contribution in [1.82, 2.24) is 5.43 Å². The number of esters is 1. The number of fused-ring (bicyclic) bond motifs is 1. The largest absolute Gasteiger partial charge is 0.481 e. The van der Waals surface area contributed by atoms with Gasteiger partial charge in [0, 0.05) is 10.6 Å². The lowest BCUT2D eigenvalue weighted by molar-refractivity contribution is -0.127. The number of nitrogens with one attached hydrogen (secondary N) is 1. The highest BCUT2D eigenvalue weighted by Crippen LogP contribution is 2.27. The molecule has 6 nitrogen and oxygen atoms in total. The Bertz CT molecular complexity index is 1340. The number of carbonyl (C=O) groups excluding carboxylic acids is 2. The first-order valence-electron chi connectivity index (χ1n) is 10.6. The van der Waals surface area contributed by atoms with Gasteiger partial charge in [0.1, 0.15) is 11.5 Å². The van der Waals surface area contributed by atoms with Gasteiger partial charge >= 0.3 is 5.97 Å². The Kier molecular flexibility index (Phi) is 7.20. The second kappa shape index (κ2) is 10.6. The number of hydrogen-bond acceptors (Lipinski definition) is 5. The van der Waals surface area contributed by atoms with Crippen molar-refractivity contribution in [2.24, 2.45) is 5.10 Å². The lowest BCUT2D eigenvalue weighted by Gasteiger charge is -2.13. The molecular formula is C27H21ClN2O4. The predicted molar refractivity (Wildman–Crippen MR) is 133 cm³/mol. The van der Waals surface area contributed by atoms with E-state index in [-0.39, 0.29) is 0 Å². The maximum atomic E-state index is 12.6. The first-order valence-corrected chi connectivity index (χ1v) is 10.9. The second-order valence-corrected chi connectivity index (χ2v) is 7.84. The highest BCUT2D eigenvalue weighted by molar-refractivity contribution is 6.30. The number of nitrogens with zero attached hydrogens (tertiary/aromatic N) is 1. The van der Waals surface area contributed by atoms with Crippen LogP contribution >= 0.6 is 11.6 Å². The van der Waals surface area contributed by atoms with Crippen LogP contribution in [0.25, 0.3) is 10.8 Å². The van der Waals surface area contributed by atoms with Crippen molar-refractivity contribution >= 4 is 40.5 Å². The Morgan fingerprint density at radius 2 is 1.62 bits per heavy atom. The fraction of sp³-hybridized carbons (Fsp3) is 0.0741. The second-order valence-electron chi connectivity index (χ2n) is 7.40. The Labute approximate surface area is 201 Å². The van der Waals surface area contributed by atoms with Gasteiger partial charge in [-0.3, -0.25) is 4.79 Å². The molecule has 0 aliphatic rings. The summed E-state index contributed by atoms with van der Waals surface area (Å²) in [5.74, 6) is -0.0787. The molecule has 0 bridgehead atoms. The molecule has 0 heterocycles. The minimum Gasteiger partial charge on any atom is -0.481 e. The third-order valence-corrected chi connectivity index (χ3v) is 5.26. The fourth-order valence-electron chi connectivity index (χ4n) is 3.25. The van der Waals surface area contributed by atoms with Gasteiger partial charge in [0.2, 0.25) is 0 Å². The van der Waals surface area contributed by atoms with Gasteiger partial charge < -0.3 is 9.47 Å². The van der Waals surface area contributed by atoms with Gasteiger partial charge in [-0.1, -0.05) is 60.1 Å². The molecule has 0 unspecified atom stereocenters. The molecule has 0 aliphatic heterocycles. The van der Waals surface area contributed by atoms with Crippen molar-refractivity contribution in [3.05, 3.63) is 107 Å². The lowest BCUT2D eigenvalue weighted by Crippen LogP contribution is -2.33. The van der Waals surface area contributed by atoms with Gasteiger partial charge in [0.25, 0.3) is 5.91 Å². The molecule has 0 saturated heterocycles. The molecule has 4 aromatic rings. The van der Waals surface area contributed by atoms with E-state index in [4.69, 9.17) is 21.1 Å². The van der Waals surface area contributed by atoms with E-state index in [0.717, 1.165) is 10.8 Å². The Morgan fingerprint density at radius 1 is 0.912 bits per heavy atom. The van der Waals surface area contributed by atoms with Crippen LogP contribution in [0.3, 0.4) is 0 Å². The number of amides is 1. The van der Waals surface area contributed by atoms with E-state index in [9.17, 15) is 9.59 Å². The molecule has 170 valence electrons. The zero-order chi connectivity index (χ0) is 23.9. The van der Waals surface area contributed by atoms with Crippen LogP contribution < -0.4 is 14.9 Å². The summed E-state index contributed by atoms with van der Waals surface area (Å²) in [4.78, 5) is 25.1. The quantitative estimate of drug-likeness (QED) is 0.164. The molecule has 0 radical (unpaired) electrons. The monoisotopic (exact) mass is 472 g/mol. The average molecular weight is 473 g/mol. The van der Waals surface area contributed by atoms with E-state index in [2.05, 4.69) is 10.5 Å². The van der Waals surface area contributed by atoms with Gasteiger partial charge in [-0.05, 0) is 60.2 Å². The molecule has 1 atom stereocenters. The van der Waals surface area contributed by atoms with Crippen LogP contribution in [0.15, 0.2) is 96.1 Å². The van der Waals surface area contributed by atoms with E-state index in [1.807, 2.05) is 36.4 Å². The van der Waals surface area contributed by atoms with Gasteiger partial charge in [-0.15, -0.1) is 0 Å². The van der Waals surface area contributed by atoms with Crippen LogP contribution in [-0.4, -0.2) is 24.2 Å². The maximum absolute atomic E-state index is 12.6. The summed E-state index contributed by atoms with van der Waals surface area (Å²) in [5, 5.41) is 6.43. The molecule has 0 saturated carbocycles. The van der Waals surface area contributed by atoms with Crippen LogP contribution in [-0.2, 0) is 4.79 Å². The molecule has 4 aromatic carbocycles. The van der Waals surface area contributed by atoms with Crippen molar-refractivity contribution < 1.29 is 19.1 Å². The highest BCUT2D eigenvalue weighted by Gasteiger charge is 2.15. The average Bonchev–Trinajstić information content (AvgIpc) is 2.86. The van der Waals surface area contributed by atoms with Crippen molar-refractivity contribution in [3.63, 3.8) is 0 Å². The number of rotatable bonds is 7. The summed E-state index contributed by atoms with van der Waals surface area (Å²) in [5.41, 5.74) is 3.47. The van der Waals surface area contributed by atoms with Crippen LogP contribution in [0.1, 0.15) is 22.8 Å². The standard InChI is InChI=1S/C27H21ClN2O4/c1-18(33-22-14-12-21(28)13-15-22)26(31)30-29-17-24-23-10-6-5-7-19(23)11-16-25(24)34-27(32)20-8-3-2-4-9-20/h2-18H,1H3,(H,30,31)/b29-17-/t18-/m0/s1. The van der Waals surface area contributed by atoms with Gasteiger partial charge in [0.05, 0.1) is 11.8 Å². The van der Waals surface area contributed by atoms with Crippen LogP contribution in [0, 0.1) is 0 Å². The minimum atomic E-state index is -0.791. The van der Waals surface area contributed by atoms with Crippen LogP contribution in [0.5, 0.6) is 11.5 Å². The molecule has 0 aromatic heterocycles. The Morgan fingerprint density at radius 3 is 2.38 bits per heavy atom. The summed E-state index contributed by atoms with van der Waals surface area (Å²) >= 11 is 5.87. The number of ether oxygens (including phenoxy) is 2. The summed E-state index contributed by atoms with van der Waals surface area (Å²) in [7, 11) is 0. The van der Waals surface area contributed by atoms with E-state index < -0.39 is 18.0 Å². The zero-order valence-corrected chi connectivity index (χ0v) is 19.0. The Hall–Kier alpha value is -4.16. The number of benzene rings is 4. The summed E-state index contributed by atoms with van der Waals surface area (Å²) in [6.45, 7) is 1.62. The normalized spacial score (nSPS) is 11.8. The third-order valence-electron chi connectivity index (χ3n) is 5.01. The summed E-state index contributed by atoms with van der Waals surface area (Å²) in [6.07, 6.45) is 0.671. The number of carbonyl (C=O) groups is 2. The molecular weight excluding hydrogens is 452 g/mol. The maximum Gasteiger partial charge on any atom is 0.343 e. The van der Waals surface area contributed by atoms with Gasteiger partial charge in [0.15, 0.2) is 6.10 Å². The molecule has 1 amide bonds. The van der Waals surface area contributed by atoms with E-state index in [1.54, 1.807) is 61.5 Å². The highest BCUT2D eigenvalue weighted by atomic mass is 35.5. The Balaban J connectivity index is 1.52. The molecule has 4 rings (SSSR count). The minimum absolute atomic E-state index is 0.330. The number of hydrogen-bond donors (Lipinski definition) is 1. The van der Waals surface area contributed by atoms with E-state index in [0.29, 0.717) is 27.6 Å². The molecule has 7 heteroatoms. The first-order chi connectivity index (χ1) is 16.5. The van der Waals surface area contributed by atoms with Crippen molar-refractivity contribution in [1.29, 1.82) is 0 Å². The van der Waals surface area contributed by atoms with Gasteiger partial charge in [-0.2, -0.15) is 5.10 Å². The SMILES string of the molecule is C[C@H](Oc1ccc(Cl)cc1)C(=O)N/N=C\c1c(OC(=O)c2ccccc2)ccc2ccccc12. The van der Waals surface area contributed by atoms with Gasteiger partial charge in [-0.25, -0.2) is 10.2 Å².